The molecule has 0 spiro atoms. The molecule has 0 aliphatic carbocycles. The number of rotatable bonds is 5. The molecule has 5 heteroatoms. The van der Waals surface area contributed by atoms with E-state index >= 15 is 0 Å². The zero-order valence-corrected chi connectivity index (χ0v) is 12.4. The first-order valence-corrected chi connectivity index (χ1v) is 7.10. The third kappa shape index (κ3) is 2.86. The molecule has 1 aromatic heterocycles. The van der Waals surface area contributed by atoms with Crippen molar-refractivity contribution in [1.29, 1.82) is 0 Å². The fourth-order valence-electron chi connectivity index (χ4n) is 2.41. The van der Waals surface area contributed by atoms with Crippen LogP contribution < -0.4 is 0 Å². The Morgan fingerprint density at radius 1 is 1.30 bits per heavy atom. The second-order valence-electron chi connectivity index (χ2n) is 4.63. The van der Waals surface area contributed by atoms with Gasteiger partial charge in [0.1, 0.15) is 5.82 Å². The summed E-state index contributed by atoms with van der Waals surface area (Å²) in [7, 11) is 0. The van der Waals surface area contributed by atoms with Crippen LogP contribution in [0, 0.1) is 5.82 Å². The molecule has 0 unspecified atom stereocenters. The summed E-state index contributed by atoms with van der Waals surface area (Å²) in [5.74, 6) is -0.296. The molecule has 0 saturated heterocycles. The zero-order chi connectivity index (χ0) is 14.7. The van der Waals surface area contributed by atoms with Gasteiger partial charge in [-0.25, -0.2) is 4.39 Å². The molecule has 1 N–H and O–H groups in total. The molecule has 20 heavy (non-hydrogen) atoms. The number of aryl methyl sites for hydroxylation is 1. The van der Waals surface area contributed by atoms with Crippen molar-refractivity contribution in [3.05, 3.63) is 51.6 Å². The fourth-order valence-corrected chi connectivity index (χ4v) is 2.60. The molecule has 0 aliphatic heterocycles. The maximum absolute atomic E-state index is 13.8. The third-order valence-corrected chi connectivity index (χ3v) is 3.64. The molecular formula is C15H18ClFN2O. The number of nitrogens with zero attached hydrogens (tertiary/aromatic N) is 2. The van der Waals surface area contributed by atoms with Crippen molar-refractivity contribution in [3.8, 4) is 0 Å². The lowest BCUT2D eigenvalue weighted by Gasteiger charge is -2.08. The van der Waals surface area contributed by atoms with Crippen LogP contribution in [0.25, 0.3) is 0 Å². The smallest absolute Gasteiger partial charge is 0.128 e. The highest BCUT2D eigenvalue weighted by molar-refractivity contribution is 6.30. The van der Waals surface area contributed by atoms with Crippen molar-refractivity contribution < 1.29 is 9.50 Å². The van der Waals surface area contributed by atoms with Crippen LogP contribution in [-0.4, -0.2) is 14.9 Å². The number of hydrogen-bond donors (Lipinski definition) is 1. The number of halogens is 2. The summed E-state index contributed by atoms with van der Waals surface area (Å²) < 4.78 is 15.6. The second kappa shape index (κ2) is 6.37. The average Bonchev–Trinajstić information content (AvgIpc) is 2.79. The molecule has 0 atom stereocenters. The minimum atomic E-state index is -0.296. The highest BCUT2D eigenvalue weighted by Gasteiger charge is 2.16. The average molecular weight is 297 g/mol. The highest BCUT2D eigenvalue weighted by atomic mass is 35.5. The SMILES string of the molecule is CCc1nn(Cc2cc(Cl)ccc2F)c(CC)c1CO. The minimum Gasteiger partial charge on any atom is -0.392 e. The standard InChI is InChI=1S/C15H18ClFN2O/c1-3-14-12(9-20)15(4-2)19(18-14)8-10-7-11(16)5-6-13(10)17/h5-7,20H,3-4,8-9H2,1-2H3. The second-order valence-corrected chi connectivity index (χ2v) is 5.07. The summed E-state index contributed by atoms with van der Waals surface area (Å²) in [5, 5.41) is 14.5. The summed E-state index contributed by atoms with van der Waals surface area (Å²) in [6.07, 6.45) is 1.49. The van der Waals surface area contributed by atoms with Crippen LogP contribution in [0.2, 0.25) is 5.02 Å². The van der Waals surface area contributed by atoms with Crippen LogP contribution in [0.3, 0.4) is 0 Å². The molecule has 0 saturated carbocycles. The number of aromatic nitrogens is 2. The van der Waals surface area contributed by atoms with Gasteiger partial charge in [0.05, 0.1) is 18.8 Å². The largest absolute Gasteiger partial charge is 0.392 e. The minimum absolute atomic E-state index is 0.0373. The van der Waals surface area contributed by atoms with Crippen molar-refractivity contribution in [1.82, 2.24) is 9.78 Å². The van der Waals surface area contributed by atoms with E-state index < -0.39 is 0 Å². The molecule has 1 heterocycles. The lowest BCUT2D eigenvalue weighted by Crippen LogP contribution is -2.08. The zero-order valence-electron chi connectivity index (χ0n) is 11.7. The summed E-state index contributed by atoms with van der Waals surface area (Å²) in [4.78, 5) is 0. The Bertz CT molecular complexity index is 610. The van der Waals surface area contributed by atoms with Gasteiger partial charge in [0.2, 0.25) is 0 Å². The Morgan fingerprint density at radius 2 is 2.05 bits per heavy atom. The van der Waals surface area contributed by atoms with Gasteiger partial charge in [0, 0.05) is 21.8 Å². The van der Waals surface area contributed by atoms with Crippen LogP contribution in [0.15, 0.2) is 18.2 Å². The van der Waals surface area contributed by atoms with Gasteiger partial charge in [-0.1, -0.05) is 25.4 Å². The van der Waals surface area contributed by atoms with E-state index in [0.29, 0.717) is 17.1 Å². The van der Waals surface area contributed by atoms with Gasteiger partial charge in [-0.2, -0.15) is 5.10 Å². The lowest BCUT2D eigenvalue weighted by molar-refractivity contribution is 0.279. The van der Waals surface area contributed by atoms with E-state index in [4.69, 9.17) is 11.6 Å². The molecule has 2 rings (SSSR count). The first-order chi connectivity index (χ1) is 9.60. The molecule has 0 radical (unpaired) electrons. The van der Waals surface area contributed by atoms with E-state index in [9.17, 15) is 9.50 Å². The van der Waals surface area contributed by atoms with E-state index in [1.807, 2.05) is 13.8 Å². The van der Waals surface area contributed by atoms with Crippen LogP contribution in [-0.2, 0) is 26.0 Å². The van der Waals surface area contributed by atoms with Crippen molar-refractivity contribution in [2.45, 2.75) is 39.8 Å². The first-order valence-electron chi connectivity index (χ1n) is 6.72. The van der Waals surface area contributed by atoms with E-state index in [1.54, 1.807) is 10.7 Å². The Hall–Kier alpha value is -1.39. The molecule has 108 valence electrons. The van der Waals surface area contributed by atoms with Gasteiger partial charge in [-0.3, -0.25) is 4.68 Å². The summed E-state index contributed by atoms with van der Waals surface area (Å²) >= 11 is 5.91. The fraction of sp³-hybridized carbons (Fsp3) is 0.400. The molecular weight excluding hydrogens is 279 g/mol. The molecule has 0 fully saturated rings. The van der Waals surface area contributed by atoms with Gasteiger partial charge in [-0.15, -0.1) is 0 Å². The van der Waals surface area contributed by atoms with Gasteiger partial charge in [0.25, 0.3) is 0 Å². The van der Waals surface area contributed by atoms with Gasteiger partial charge < -0.3 is 5.11 Å². The van der Waals surface area contributed by atoms with E-state index in [1.165, 1.54) is 12.1 Å². The molecule has 0 bridgehead atoms. The maximum Gasteiger partial charge on any atom is 0.128 e. The van der Waals surface area contributed by atoms with E-state index in [0.717, 1.165) is 29.8 Å². The Morgan fingerprint density at radius 3 is 2.65 bits per heavy atom. The first kappa shape index (κ1) is 15.0. The van der Waals surface area contributed by atoms with Crippen LogP contribution in [0.1, 0.15) is 36.4 Å². The van der Waals surface area contributed by atoms with Crippen LogP contribution in [0.5, 0.6) is 0 Å². The monoisotopic (exact) mass is 296 g/mol. The summed E-state index contributed by atoms with van der Waals surface area (Å²) in [6.45, 7) is 4.28. The number of aliphatic hydroxyl groups is 1. The number of hydrogen-bond acceptors (Lipinski definition) is 2. The van der Waals surface area contributed by atoms with E-state index in [2.05, 4.69) is 5.10 Å². The predicted molar refractivity (Wildman–Crippen MR) is 77.4 cm³/mol. The predicted octanol–water partition coefficient (Wildman–Crippen LogP) is 3.34. The Balaban J connectivity index is 2.42. The quantitative estimate of drug-likeness (QED) is 0.919. The topological polar surface area (TPSA) is 38.0 Å². The Labute approximate surface area is 123 Å². The normalized spacial score (nSPS) is 11.1. The van der Waals surface area contributed by atoms with Crippen molar-refractivity contribution in [2.75, 3.05) is 0 Å². The van der Waals surface area contributed by atoms with Gasteiger partial charge >= 0.3 is 0 Å². The number of aliphatic hydroxyl groups excluding tert-OH is 1. The van der Waals surface area contributed by atoms with Crippen molar-refractivity contribution in [3.63, 3.8) is 0 Å². The number of benzene rings is 1. The van der Waals surface area contributed by atoms with E-state index in [-0.39, 0.29) is 12.4 Å². The third-order valence-electron chi connectivity index (χ3n) is 3.41. The molecule has 0 amide bonds. The summed E-state index contributed by atoms with van der Waals surface area (Å²) in [5.41, 5.74) is 3.18. The molecule has 2 aromatic rings. The maximum atomic E-state index is 13.8. The van der Waals surface area contributed by atoms with Crippen molar-refractivity contribution in [2.24, 2.45) is 0 Å². The van der Waals surface area contributed by atoms with Crippen LogP contribution >= 0.6 is 11.6 Å². The van der Waals surface area contributed by atoms with Gasteiger partial charge in [-0.05, 0) is 31.0 Å². The lowest BCUT2D eigenvalue weighted by atomic mass is 10.1. The molecule has 3 nitrogen and oxygen atoms in total. The highest BCUT2D eigenvalue weighted by Crippen LogP contribution is 2.20. The van der Waals surface area contributed by atoms with Crippen molar-refractivity contribution >= 4 is 11.6 Å². The van der Waals surface area contributed by atoms with Crippen LogP contribution in [0.4, 0.5) is 4.39 Å². The molecule has 1 aromatic carbocycles. The van der Waals surface area contributed by atoms with Gasteiger partial charge in [0.15, 0.2) is 0 Å². The summed E-state index contributed by atoms with van der Waals surface area (Å²) in [6, 6.07) is 4.50. The Kier molecular flexibility index (Phi) is 4.78. The molecule has 0 aliphatic rings.